The molecule has 27 heavy (non-hydrogen) atoms. The second-order valence-electron chi connectivity index (χ2n) is 8.76. The molecule has 3 saturated heterocycles. The van der Waals surface area contributed by atoms with Crippen molar-refractivity contribution in [3.05, 3.63) is 70.8 Å². The summed E-state index contributed by atoms with van der Waals surface area (Å²) in [5, 5.41) is 22.1. The number of fused-ring (bicyclic) bond motifs is 3. The van der Waals surface area contributed by atoms with Crippen molar-refractivity contribution in [2.75, 3.05) is 32.8 Å². The third-order valence-electron chi connectivity index (χ3n) is 7.32. The summed E-state index contributed by atoms with van der Waals surface area (Å²) in [6, 6.07) is 16.6. The predicted octanol–water partition coefficient (Wildman–Crippen LogP) is 3.39. The molecule has 3 aliphatic heterocycles. The highest BCUT2D eigenvalue weighted by Gasteiger charge is 2.55. The molecule has 5 rings (SSSR count). The minimum atomic E-state index is -0.985. The average Bonchev–Trinajstić information content (AvgIpc) is 2.69. The maximum atomic E-state index is 12.5. The summed E-state index contributed by atoms with van der Waals surface area (Å²) in [5.74, 6) is 0.710. The van der Waals surface area contributed by atoms with Gasteiger partial charge in [-0.2, -0.15) is 0 Å². The molecule has 3 heteroatoms. The van der Waals surface area contributed by atoms with Gasteiger partial charge in [0.15, 0.2) is 0 Å². The molecule has 0 aliphatic carbocycles. The van der Waals surface area contributed by atoms with Gasteiger partial charge in [-0.15, -0.1) is 0 Å². The molecule has 3 heterocycles. The highest BCUT2D eigenvalue weighted by Crippen LogP contribution is 2.50. The molecule has 1 unspecified atom stereocenters. The van der Waals surface area contributed by atoms with Gasteiger partial charge < -0.3 is 14.7 Å². The molecule has 3 nitrogen and oxygen atoms in total. The van der Waals surface area contributed by atoms with E-state index in [9.17, 15) is 10.2 Å². The fraction of sp³-hybridized carbons (Fsp3) is 0.500. The van der Waals surface area contributed by atoms with E-state index in [2.05, 4.69) is 38.1 Å². The normalized spacial score (nSPS) is 27.7. The van der Waals surface area contributed by atoms with Crippen molar-refractivity contribution in [1.82, 2.24) is 0 Å². The first kappa shape index (κ1) is 18.7. The molecule has 0 saturated carbocycles. The van der Waals surface area contributed by atoms with E-state index >= 15 is 0 Å². The number of aliphatic hydroxyl groups excluding tert-OH is 1. The molecule has 0 spiro atoms. The van der Waals surface area contributed by atoms with E-state index in [1.54, 1.807) is 0 Å². The molecule has 144 valence electrons. The Hall–Kier alpha value is -1.68. The third kappa shape index (κ3) is 3.02. The van der Waals surface area contributed by atoms with Crippen molar-refractivity contribution in [1.29, 1.82) is 0 Å². The number of nitrogens with zero attached hydrogens (tertiary/aromatic N) is 1. The molecule has 2 N–H and O–H groups in total. The quantitative estimate of drug-likeness (QED) is 0.797. The number of quaternary nitrogens is 1. The number of hydrogen-bond donors (Lipinski definition) is 2. The lowest BCUT2D eigenvalue weighted by Crippen LogP contribution is -2.66. The average molecular weight is 367 g/mol. The molecule has 2 aromatic carbocycles. The van der Waals surface area contributed by atoms with Crippen LogP contribution in [0.5, 0.6) is 0 Å². The maximum Gasteiger partial charge on any atom is 0.124 e. The highest BCUT2D eigenvalue weighted by molar-refractivity contribution is 5.45. The molecule has 2 bridgehead atoms. The first-order valence-electron chi connectivity index (χ1n) is 10.3. The van der Waals surface area contributed by atoms with Gasteiger partial charge in [0.2, 0.25) is 0 Å². The van der Waals surface area contributed by atoms with E-state index in [1.807, 2.05) is 24.3 Å². The van der Waals surface area contributed by atoms with Gasteiger partial charge in [0.1, 0.15) is 12.1 Å². The molecule has 0 amide bonds. The van der Waals surface area contributed by atoms with Crippen LogP contribution >= 0.6 is 0 Å². The zero-order valence-corrected chi connectivity index (χ0v) is 16.6. The Morgan fingerprint density at radius 2 is 1.44 bits per heavy atom. The van der Waals surface area contributed by atoms with Crippen molar-refractivity contribution in [3.63, 3.8) is 0 Å². The van der Waals surface area contributed by atoms with Crippen molar-refractivity contribution >= 4 is 0 Å². The minimum Gasteiger partial charge on any atom is -0.391 e. The predicted molar refractivity (Wildman–Crippen MR) is 108 cm³/mol. The van der Waals surface area contributed by atoms with E-state index < -0.39 is 5.60 Å². The Kier molecular flexibility index (Phi) is 4.87. The lowest BCUT2D eigenvalue weighted by molar-refractivity contribution is -0.948. The van der Waals surface area contributed by atoms with Crippen LogP contribution < -0.4 is 0 Å². The lowest BCUT2D eigenvalue weighted by Gasteiger charge is -2.56. The molecular weight excluding hydrogens is 334 g/mol. The van der Waals surface area contributed by atoms with Crippen LogP contribution in [0.2, 0.25) is 0 Å². The van der Waals surface area contributed by atoms with E-state index in [-0.39, 0.29) is 12.5 Å². The van der Waals surface area contributed by atoms with Crippen LogP contribution in [0.4, 0.5) is 0 Å². The molecule has 3 aliphatic rings. The van der Waals surface area contributed by atoms with Gasteiger partial charge >= 0.3 is 0 Å². The number of aryl methyl sites for hydroxylation is 2. The zero-order chi connectivity index (χ0) is 19.1. The molecule has 2 aromatic rings. The van der Waals surface area contributed by atoms with Crippen LogP contribution in [-0.2, 0) is 5.60 Å². The molecule has 3 fully saturated rings. The van der Waals surface area contributed by atoms with E-state index in [0.717, 1.165) is 65.8 Å². The summed E-state index contributed by atoms with van der Waals surface area (Å²) >= 11 is 0. The number of benzene rings is 2. The summed E-state index contributed by atoms with van der Waals surface area (Å²) in [6.45, 7) is 8.48. The largest absolute Gasteiger partial charge is 0.391 e. The maximum absolute atomic E-state index is 12.5. The number of aliphatic hydroxyl groups is 2. The van der Waals surface area contributed by atoms with Crippen LogP contribution in [-0.4, -0.2) is 47.5 Å². The standard InChI is InChI=1S/C24H32NO2/c1-18-7-3-5-9-21(18)24(27,22-10-6-4-8-19(22)2)23-17-25(15-16-26)13-11-20(23)12-14-25/h3-10,20,23,26-27H,11-17H2,1-2H3/q+1. The molecule has 0 radical (unpaired) electrons. The van der Waals surface area contributed by atoms with Gasteiger partial charge in [-0.1, -0.05) is 48.5 Å². The van der Waals surface area contributed by atoms with Crippen LogP contribution in [0.3, 0.4) is 0 Å². The van der Waals surface area contributed by atoms with Gasteiger partial charge in [0.25, 0.3) is 0 Å². The fourth-order valence-corrected chi connectivity index (χ4v) is 5.83. The Morgan fingerprint density at radius 1 is 0.926 bits per heavy atom. The van der Waals surface area contributed by atoms with Crippen molar-refractivity contribution in [2.45, 2.75) is 32.3 Å². The van der Waals surface area contributed by atoms with E-state index in [4.69, 9.17) is 0 Å². The summed E-state index contributed by atoms with van der Waals surface area (Å²) in [5.41, 5.74) is 3.39. The zero-order valence-electron chi connectivity index (χ0n) is 16.6. The Morgan fingerprint density at radius 3 is 1.93 bits per heavy atom. The van der Waals surface area contributed by atoms with E-state index in [1.165, 1.54) is 0 Å². The Labute approximate surface area is 162 Å². The van der Waals surface area contributed by atoms with Crippen molar-refractivity contribution in [3.8, 4) is 0 Å². The first-order valence-corrected chi connectivity index (χ1v) is 10.3. The van der Waals surface area contributed by atoms with Crippen LogP contribution in [0.25, 0.3) is 0 Å². The highest BCUT2D eigenvalue weighted by atomic mass is 16.3. The SMILES string of the molecule is Cc1ccccc1C(O)(c1ccccc1C)C1C[N+]2(CCO)CCC1CC2. The molecule has 1 atom stereocenters. The van der Waals surface area contributed by atoms with Gasteiger partial charge in [-0.05, 0) is 42.0 Å². The lowest BCUT2D eigenvalue weighted by atomic mass is 9.63. The van der Waals surface area contributed by atoms with Crippen LogP contribution in [0, 0.1) is 25.7 Å². The summed E-state index contributed by atoms with van der Waals surface area (Å²) in [4.78, 5) is 0. The smallest absolute Gasteiger partial charge is 0.124 e. The summed E-state index contributed by atoms with van der Waals surface area (Å²) < 4.78 is 0.956. The van der Waals surface area contributed by atoms with Crippen LogP contribution in [0.1, 0.15) is 35.1 Å². The summed E-state index contributed by atoms with van der Waals surface area (Å²) in [6.07, 6.45) is 2.29. The van der Waals surface area contributed by atoms with Crippen molar-refractivity contribution < 1.29 is 14.7 Å². The summed E-state index contributed by atoms with van der Waals surface area (Å²) in [7, 11) is 0. The molecular formula is C24H32NO2+. The monoisotopic (exact) mass is 366 g/mol. The first-order chi connectivity index (χ1) is 13.0. The Balaban J connectivity index is 1.87. The number of piperidine rings is 3. The van der Waals surface area contributed by atoms with E-state index in [0.29, 0.717) is 5.92 Å². The van der Waals surface area contributed by atoms with Crippen molar-refractivity contribution in [2.24, 2.45) is 11.8 Å². The third-order valence-corrected chi connectivity index (χ3v) is 7.32. The topological polar surface area (TPSA) is 40.5 Å². The number of hydrogen-bond acceptors (Lipinski definition) is 2. The number of rotatable bonds is 5. The second kappa shape index (κ2) is 7.05. The minimum absolute atomic E-state index is 0.175. The van der Waals surface area contributed by atoms with Gasteiger partial charge in [0, 0.05) is 18.8 Å². The van der Waals surface area contributed by atoms with Gasteiger partial charge in [-0.25, -0.2) is 0 Å². The molecule has 0 aromatic heterocycles. The Bertz CT molecular complexity index is 757. The van der Waals surface area contributed by atoms with Crippen LogP contribution in [0.15, 0.2) is 48.5 Å². The second-order valence-corrected chi connectivity index (χ2v) is 8.76. The fourth-order valence-electron chi connectivity index (χ4n) is 5.83. The van der Waals surface area contributed by atoms with Gasteiger partial charge in [0.05, 0.1) is 26.2 Å². The van der Waals surface area contributed by atoms with Gasteiger partial charge in [-0.3, -0.25) is 0 Å².